The van der Waals surface area contributed by atoms with E-state index in [-0.39, 0.29) is 12.0 Å². The Bertz CT molecular complexity index is 296. The maximum absolute atomic E-state index is 12.3. The van der Waals surface area contributed by atoms with E-state index in [4.69, 9.17) is 4.74 Å². The molecule has 4 heteroatoms. The van der Waals surface area contributed by atoms with Crippen molar-refractivity contribution in [2.75, 3.05) is 32.8 Å². The number of hydrogen-bond acceptors (Lipinski definition) is 3. The number of carbonyl (C=O) groups is 1. The van der Waals surface area contributed by atoms with E-state index in [0.717, 1.165) is 39.0 Å². The minimum Gasteiger partial charge on any atom is -0.368 e. The van der Waals surface area contributed by atoms with Crippen LogP contribution in [0.1, 0.15) is 38.5 Å². The second kappa shape index (κ2) is 5.57. The third-order valence-electron chi connectivity index (χ3n) is 4.59. The topological polar surface area (TPSA) is 32.8 Å². The molecule has 0 aromatic heterocycles. The van der Waals surface area contributed by atoms with Gasteiger partial charge >= 0.3 is 0 Å². The lowest BCUT2D eigenvalue weighted by atomic mass is 10.1. The highest BCUT2D eigenvalue weighted by molar-refractivity contribution is 5.81. The lowest BCUT2D eigenvalue weighted by molar-refractivity contribution is -0.140. The molecule has 0 radical (unpaired) electrons. The van der Waals surface area contributed by atoms with Crippen molar-refractivity contribution in [2.45, 2.75) is 50.7 Å². The molecule has 0 N–H and O–H groups in total. The van der Waals surface area contributed by atoms with Crippen LogP contribution in [0, 0.1) is 0 Å². The molecule has 0 aromatic carbocycles. The van der Waals surface area contributed by atoms with Gasteiger partial charge in [0.1, 0.15) is 6.10 Å². The Morgan fingerprint density at radius 3 is 2.56 bits per heavy atom. The fourth-order valence-corrected chi connectivity index (χ4v) is 3.50. The molecule has 0 unspecified atom stereocenters. The number of rotatable bonds is 2. The molecule has 1 amide bonds. The predicted octanol–water partition coefficient (Wildman–Crippen LogP) is 1.25. The fraction of sp³-hybridized carbons (Fsp3) is 0.929. The van der Waals surface area contributed by atoms with Crippen molar-refractivity contribution in [3.8, 4) is 0 Å². The molecule has 0 bridgehead atoms. The van der Waals surface area contributed by atoms with Gasteiger partial charge in [0.15, 0.2) is 0 Å². The highest BCUT2D eigenvalue weighted by Crippen LogP contribution is 2.23. The first-order valence-electron chi connectivity index (χ1n) is 7.49. The van der Waals surface area contributed by atoms with E-state index in [1.54, 1.807) is 0 Å². The van der Waals surface area contributed by atoms with Gasteiger partial charge < -0.3 is 9.64 Å². The normalized spacial score (nSPS) is 34.1. The third-order valence-corrected chi connectivity index (χ3v) is 4.59. The van der Waals surface area contributed by atoms with Gasteiger partial charge in [0.25, 0.3) is 5.91 Å². The molecular weight excluding hydrogens is 228 g/mol. The lowest BCUT2D eigenvalue weighted by Crippen LogP contribution is -2.43. The lowest BCUT2D eigenvalue weighted by Gasteiger charge is -2.32. The Balaban J connectivity index is 1.52. The average molecular weight is 252 g/mol. The van der Waals surface area contributed by atoms with E-state index in [1.165, 1.54) is 32.4 Å². The molecule has 0 aliphatic carbocycles. The molecule has 3 rings (SSSR count). The van der Waals surface area contributed by atoms with Gasteiger partial charge in [0.2, 0.25) is 0 Å². The van der Waals surface area contributed by atoms with Crippen molar-refractivity contribution < 1.29 is 9.53 Å². The molecule has 3 fully saturated rings. The van der Waals surface area contributed by atoms with E-state index in [1.807, 2.05) is 4.90 Å². The summed E-state index contributed by atoms with van der Waals surface area (Å²) in [5.74, 6) is 0.243. The van der Waals surface area contributed by atoms with Gasteiger partial charge in [-0.1, -0.05) is 6.42 Å². The van der Waals surface area contributed by atoms with Crippen LogP contribution < -0.4 is 0 Å². The minimum absolute atomic E-state index is 0.134. The molecule has 0 saturated carbocycles. The van der Waals surface area contributed by atoms with Gasteiger partial charge in [-0.2, -0.15) is 0 Å². The standard InChI is InChI=1S/C14H24N2O2/c17-14(13-5-4-10-18-13)16-9-6-12(11-16)15-7-2-1-3-8-15/h12-13H,1-11H2/t12-,13-/m0/s1. The molecule has 3 saturated heterocycles. The van der Waals surface area contributed by atoms with Crippen LogP contribution in [0.2, 0.25) is 0 Å². The van der Waals surface area contributed by atoms with Gasteiger partial charge in [-0.3, -0.25) is 9.69 Å². The van der Waals surface area contributed by atoms with Crippen LogP contribution in [0.5, 0.6) is 0 Å². The predicted molar refractivity (Wildman–Crippen MR) is 69.4 cm³/mol. The number of likely N-dealkylation sites (tertiary alicyclic amines) is 2. The third kappa shape index (κ3) is 2.54. The van der Waals surface area contributed by atoms with Crippen molar-refractivity contribution >= 4 is 5.91 Å². The van der Waals surface area contributed by atoms with Crippen molar-refractivity contribution in [3.05, 3.63) is 0 Å². The number of ether oxygens (including phenoxy) is 1. The van der Waals surface area contributed by atoms with Gasteiger partial charge in [-0.05, 0) is 45.2 Å². The minimum atomic E-state index is -0.134. The molecule has 3 aliphatic rings. The molecule has 3 aliphatic heterocycles. The molecule has 2 atom stereocenters. The summed E-state index contributed by atoms with van der Waals surface area (Å²) in [6.07, 6.45) is 7.01. The zero-order chi connectivity index (χ0) is 12.4. The van der Waals surface area contributed by atoms with Gasteiger partial charge in [-0.25, -0.2) is 0 Å². The van der Waals surface area contributed by atoms with E-state index in [0.29, 0.717) is 6.04 Å². The maximum Gasteiger partial charge on any atom is 0.251 e. The quantitative estimate of drug-likeness (QED) is 0.741. The first kappa shape index (κ1) is 12.4. The second-order valence-electron chi connectivity index (χ2n) is 5.83. The fourth-order valence-electron chi connectivity index (χ4n) is 3.50. The monoisotopic (exact) mass is 252 g/mol. The first-order valence-corrected chi connectivity index (χ1v) is 7.49. The number of piperidine rings is 1. The number of amides is 1. The Kier molecular flexibility index (Phi) is 3.85. The SMILES string of the molecule is O=C([C@@H]1CCCO1)N1CC[C@H](N2CCCCC2)C1. The van der Waals surface area contributed by atoms with Gasteiger partial charge in [0, 0.05) is 25.7 Å². The van der Waals surface area contributed by atoms with Crippen LogP contribution in [-0.2, 0) is 9.53 Å². The molecule has 18 heavy (non-hydrogen) atoms. The summed E-state index contributed by atoms with van der Waals surface area (Å²) in [7, 11) is 0. The summed E-state index contributed by atoms with van der Waals surface area (Å²) in [6.45, 7) is 5.08. The van der Waals surface area contributed by atoms with Gasteiger partial charge in [0.05, 0.1) is 0 Å². The van der Waals surface area contributed by atoms with Crippen molar-refractivity contribution in [3.63, 3.8) is 0 Å². The highest BCUT2D eigenvalue weighted by Gasteiger charge is 2.35. The smallest absolute Gasteiger partial charge is 0.251 e. The number of nitrogens with zero attached hydrogens (tertiary/aromatic N) is 2. The molecule has 0 aromatic rings. The molecule has 4 nitrogen and oxygen atoms in total. The van der Waals surface area contributed by atoms with E-state index >= 15 is 0 Å². The Labute approximate surface area is 109 Å². The first-order chi connectivity index (χ1) is 8.84. The van der Waals surface area contributed by atoms with Crippen molar-refractivity contribution in [1.82, 2.24) is 9.80 Å². The maximum atomic E-state index is 12.3. The molecule has 3 heterocycles. The van der Waals surface area contributed by atoms with Crippen LogP contribution in [0.25, 0.3) is 0 Å². The summed E-state index contributed by atoms with van der Waals surface area (Å²) in [6, 6.07) is 0.607. The summed E-state index contributed by atoms with van der Waals surface area (Å²) < 4.78 is 5.50. The Morgan fingerprint density at radius 1 is 1.00 bits per heavy atom. The molecular formula is C14H24N2O2. The number of carbonyl (C=O) groups excluding carboxylic acids is 1. The number of hydrogen-bond donors (Lipinski definition) is 0. The Hall–Kier alpha value is -0.610. The summed E-state index contributed by atoms with van der Waals surface area (Å²) in [5, 5.41) is 0. The summed E-state index contributed by atoms with van der Waals surface area (Å²) in [4.78, 5) is 16.9. The average Bonchev–Trinajstić information content (AvgIpc) is 3.10. The van der Waals surface area contributed by atoms with Crippen molar-refractivity contribution in [2.24, 2.45) is 0 Å². The van der Waals surface area contributed by atoms with Crippen LogP contribution in [-0.4, -0.2) is 60.6 Å². The van der Waals surface area contributed by atoms with Crippen molar-refractivity contribution in [1.29, 1.82) is 0 Å². The van der Waals surface area contributed by atoms with Gasteiger partial charge in [-0.15, -0.1) is 0 Å². The Morgan fingerprint density at radius 2 is 1.83 bits per heavy atom. The second-order valence-corrected chi connectivity index (χ2v) is 5.83. The molecule has 0 spiro atoms. The van der Waals surface area contributed by atoms with Crippen LogP contribution >= 0.6 is 0 Å². The van der Waals surface area contributed by atoms with E-state index in [9.17, 15) is 4.79 Å². The molecule has 102 valence electrons. The summed E-state index contributed by atoms with van der Waals surface area (Å²) in [5.41, 5.74) is 0. The largest absolute Gasteiger partial charge is 0.368 e. The van der Waals surface area contributed by atoms with Crippen LogP contribution in [0.3, 0.4) is 0 Å². The van der Waals surface area contributed by atoms with E-state index in [2.05, 4.69) is 4.90 Å². The zero-order valence-corrected chi connectivity index (χ0v) is 11.1. The van der Waals surface area contributed by atoms with E-state index < -0.39 is 0 Å². The summed E-state index contributed by atoms with van der Waals surface area (Å²) >= 11 is 0. The highest BCUT2D eigenvalue weighted by atomic mass is 16.5. The van der Waals surface area contributed by atoms with Crippen LogP contribution in [0.15, 0.2) is 0 Å². The zero-order valence-electron chi connectivity index (χ0n) is 11.1. The van der Waals surface area contributed by atoms with Crippen LogP contribution in [0.4, 0.5) is 0 Å².